The van der Waals surface area contributed by atoms with Crippen molar-refractivity contribution in [1.82, 2.24) is 4.98 Å². The van der Waals surface area contributed by atoms with E-state index in [1.54, 1.807) is 0 Å². The molecule has 18 heavy (non-hydrogen) atoms. The smallest absolute Gasteiger partial charge is 0.340 e. The van der Waals surface area contributed by atoms with E-state index < -0.39 is 28.9 Å². The molecule has 0 N–H and O–H groups in total. The van der Waals surface area contributed by atoms with Gasteiger partial charge in [-0.05, 0) is 15.9 Å². The number of carbonyl (C=O) groups excluding carboxylic acids is 1. The van der Waals surface area contributed by atoms with Gasteiger partial charge in [0.2, 0.25) is 0 Å². The van der Waals surface area contributed by atoms with Crippen LogP contribution in [0.15, 0.2) is 16.7 Å². The molecule has 3 nitrogen and oxygen atoms in total. The van der Waals surface area contributed by atoms with Crippen LogP contribution in [0.3, 0.4) is 0 Å². The summed E-state index contributed by atoms with van der Waals surface area (Å²) in [7, 11) is 1.14. The summed E-state index contributed by atoms with van der Waals surface area (Å²) in [4.78, 5) is 14.9. The fraction of sp³-hybridized carbons (Fsp3) is 0.0909. The molecule has 94 valence electrons. The summed E-state index contributed by atoms with van der Waals surface area (Å²) in [5, 5.41) is -0.309. The summed E-state index contributed by atoms with van der Waals surface area (Å²) in [6.45, 7) is 0. The fourth-order valence-corrected chi connectivity index (χ4v) is 2.13. The van der Waals surface area contributed by atoms with Crippen LogP contribution in [0.2, 0.25) is 0 Å². The van der Waals surface area contributed by atoms with Gasteiger partial charge < -0.3 is 4.74 Å². The molecule has 0 fully saturated rings. The number of carbonyl (C=O) groups is 1. The normalized spacial score (nSPS) is 10.7. The van der Waals surface area contributed by atoms with Gasteiger partial charge in [0.25, 0.3) is 0 Å². The number of fused-ring (bicyclic) bond motifs is 1. The molecule has 0 radical (unpaired) electrons. The highest BCUT2D eigenvalue weighted by Crippen LogP contribution is 2.31. The molecule has 7 heteroatoms. The van der Waals surface area contributed by atoms with E-state index in [9.17, 15) is 18.0 Å². The van der Waals surface area contributed by atoms with E-state index >= 15 is 0 Å². The van der Waals surface area contributed by atoms with Gasteiger partial charge in [-0.1, -0.05) is 0 Å². The van der Waals surface area contributed by atoms with E-state index in [1.807, 2.05) is 0 Å². The maximum absolute atomic E-state index is 13.6. The van der Waals surface area contributed by atoms with Crippen molar-refractivity contribution >= 4 is 32.8 Å². The van der Waals surface area contributed by atoms with Crippen LogP contribution in [-0.2, 0) is 4.74 Å². The van der Waals surface area contributed by atoms with Crippen LogP contribution < -0.4 is 0 Å². The SMILES string of the molecule is COC(=O)c1cnc2c(F)c(F)cc(F)c2c1Br. The van der Waals surface area contributed by atoms with Crippen molar-refractivity contribution < 1.29 is 22.7 Å². The number of aromatic nitrogens is 1. The minimum atomic E-state index is -1.34. The Labute approximate surface area is 108 Å². The first kappa shape index (κ1) is 12.8. The summed E-state index contributed by atoms with van der Waals surface area (Å²) in [6, 6.07) is 0.394. The summed E-state index contributed by atoms with van der Waals surface area (Å²) in [5.74, 6) is -4.40. The van der Waals surface area contributed by atoms with Crippen molar-refractivity contribution in [3.05, 3.63) is 39.8 Å². The topological polar surface area (TPSA) is 39.2 Å². The number of hydrogen-bond acceptors (Lipinski definition) is 3. The largest absolute Gasteiger partial charge is 0.465 e. The Kier molecular flexibility index (Phi) is 3.25. The van der Waals surface area contributed by atoms with Gasteiger partial charge in [0, 0.05) is 16.7 Å². The number of benzene rings is 1. The maximum Gasteiger partial charge on any atom is 0.340 e. The second kappa shape index (κ2) is 4.56. The second-order valence-corrected chi connectivity index (χ2v) is 4.15. The van der Waals surface area contributed by atoms with E-state index in [0.717, 1.165) is 13.3 Å². The van der Waals surface area contributed by atoms with Crippen molar-refractivity contribution in [2.24, 2.45) is 0 Å². The van der Waals surface area contributed by atoms with Crippen LogP contribution in [-0.4, -0.2) is 18.1 Å². The molecule has 0 amide bonds. The van der Waals surface area contributed by atoms with E-state index in [2.05, 4.69) is 25.7 Å². The third kappa shape index (κ3) is 1.84. The third-order valence-electron chi connectivity index (χ3n) is 2.33. The number of ether oxygens (including phenoxy) is 1. The third-order valence-corrected chi connectivity index (χ3v) is 3.15. The molecule has 0 aliphatic rings. The van der Waals surface area contributed by atoms with Crippen LogP contribution in [0.1, 0.15) is 10.4 Å². The molecule has 1 aromatic carbocycles. The minimum absolute atomic E-state index is 0.0317. The number of rotatable bonds is 1. The summed E-state index contributed by atoms with van der Waals surface area (Å²) >= 11 is 2.96. The van der Waals surface area contributed by atoms with Crippen molar-refractivity contribution in [2.75, 3.05) is 7.11 Å². The van der Waals surface area contributed by atoms with Crippen molar-refractivity contribution in [2.45, 2.75) is 0 Å². The molecular weight excluding hydrogens is 315 g/mol. The number of esters is 1. The van der Waals surface area contributed by atoms with Gasteiger partial charge >= 0.3 is 5.97 Å². The van der Waals surface area contributed by atoms with Gasteiger partial charge in [-0.2, -0.15) is 0 Å². The van der Waals surface area contributed by atoms with Gasteiger partial charge in [0.05, 0.1) is 18.1 Å². The standard InChI is InChI=1S/C11H5BrF3NO2/c1-18-11(17)4-3-16-10-7(8(4)12)5(13)2-6(14)9(10)15/h2-3H,1H3. The summed E-state index contributed by atoms with van der Waals surface area (Å²) < 4.78 is 44.5. The van der Waals surface area contributed by atoms with Crippen LogP contribution in [0.4, 0.5) is 13.2 Å². The Hall–Kier alpha value is -1.63. The van der Waals surface area contributed by atoms with Crippen molar-refractivity contribution in [3.8, 4) is 0 Å². The molecule has 1 aromatic heterocycles. The van der Waals surface area contributed by atoms with Gasteiger partial charge in [-0.3, -0.25) is 4.98 Å². The zero-order valence-electron chi connectivity index (χ0n) is 8.93. The molecule has 0 aliphatic carbocycles. The lowest BCUT2D eigenvalue weighted by Crippen LogP contribution is -2.05. The van der Waals surface area contributed by atoms with Crippen LogP contribution in [0, 0.1) is 17.5 Å². The molecule has 0 saturated heterocycles. The molecule has 0 saturated carbocycles. The van der Waals surface area contributed by atoms with E-state index in [-0.39, 0.29) is 15.4 Å². The first-order chi connectivity index (χ1) is 8.47. The van der Waals surface area contributed by atoms with Gasteiger partial charge in [0.15, 0.2) is 11.6 Å². The lowest BCUT2D eigenvalue weighted by molar-refractivity contribution is 0.0599. The highest BCUT2D eigenvalue weighted by molar-refractivity contribution is 9.10. The molecule has 0 atom stereocenters. The van der Waals surface area contributed by atoms with Gasteiger partial charge in [-0.25, -0.2) is 18.0 Å². The first-order valence-electron chi connectivity index (χ1n) is 4.67. The highest BCUT2D eigenvalue weighted by atomic mass is 79.9. The molecule has 2 rings (SSSR count). The zero-order chi connectivity index (χ0) is 13.4. The predicted octanol–water partition coefficient (Wildman–Crippen LogP) is 3.20. The number of methoxy groups -OCH3 is 1. The van der Waals surface area contributed by atoms with Crippen molar-refractivity contribution in [3.63, 3.8) is 0 Å². The minimum Gasteiger partial charge on any atom is -0.465 e. The van der Waals surface area contributed by atoms with Crippen LogP contribution in [0.25, 0.3) is 10.9 Å². The van der Waals surface area contributed by atoms with Crippen molar-refractivity contribution in [1.29, 1.82) is 0 Å². The molecule has 1 heterocycles. The maximum atomic E-state index is 13.6. The lowest BCUT2D eigenvalue weighted by Gasteiger charge is -2.07. The molecular formula is C11H5BrF3NO2. The van der Waals surface area contributed by atoms with Gasteiger partial charge in [0.1, 0.15) is 11.3 Å². The van der Waals surface area contributed by atoms with Crippen LogP contribution in [0.5, 0.6) is 0 Å². The fourth-order valence-electron chi connectivity index (χ4n) is 1.49. The molecule has 2 aromatic rings. The average molecular weight is 320 g/mol. The Morgan fingerprint density at radius 3 is 2.61 bits per heavy atom. The van der Waals surface area contributed by atoms with Crippen LogP contribution >= 0.6 is 15.9 Å². The number of hydrogen-bond donors (Lipinski definition) is 0. The Morgan fingerprint density at radius 1 is 1.33 bits per heavy atom. The number of halogens is 4. The quantitative estimate of drug-likeness (QED) is 0.598. The Bertz CT molecular complexity index is 661. The summed E-state index contributed by atoms with van der Waals surface area (Å²) in [5.41, 5.74) is -0.568. The number of pyridine rings is 1. The van der Waals surface area contributed by atoms with E-state index in [4.69, 9.17) is 0 Å². The summed E-state index contributed by atoms with van der Waals surface area (Å²) in [6.07, 6.45) is 0.986. The zero-order valence-corrected chi connectivity index (χ0v) is 10.5. The first-order valence-corrected chi connectivity index (χ1v) is 5.46. The molecule has 0 spiro atoms. The Morgan fingerprint density at radius 2 is 2.00 bits per heavy atom. The number of nitrogens with zero attached hydrogens (tertiary/aromatic N) is 1. The molecule has 0 unspecified atom stereocenters. The highest BCUT2D eigenvalue weighted by Gasteiger charge is 2.21. The molecule has 0 aliphatic heterocycles. The Balaban J connectivity index is 2.87. The predicted molar refractivity (Wildman–Crippen MR) is 60.7 cm³/mol. The lowest BCUT2D eigenvalue weighted by atomic mass is 10.1. The van der Waals surface area contributed by atoms with E-state index in [1.165, 1.54) is 0 Å². The molecule has 0 bridgehead atoms. The van der Waals surface area contributed by atoms with Gasteiger partial charge in [-0.15, -0.1) is 0 Å². The second-order valence-electron chi connectivity index (χ2n) is 3.36. The van der Waals surface area contributed by atoms with E-state index in [0.29, 0.717) is 6.07 Å². The average Bonchev–Trinajstić information content (AvgIpc) is 2.34. The monoisotopic (exact) mass is 319 g/mol.